The van der Waals surface area contributed by atoms with E-state index in [0.717, 1.165) is 21.7 Å². The van der Waals surface area contributed by atoms with E-state index in [0.29, 0.717) is 10.7 Å². The number of aromatic hydroxyl groups is 1. The molecular formula is C22H15N3O3S. The molecule has 0 aliphatic carbocycles. The van der Waals surface area contributed by atoms with Crippen molar-refractivity contribution in [2.75, 3.05) is 0 Å². The van der Waals surface area contributed by atoms with Gasteiger partial charge in [0, 0.05) is 29.5 Å². The van der Waals surface area contributed by atoms with Gasteiger partial charge in [0.05, 0.1) is 15.5 Å². The summed E-state index contributed by atoms with van der Waals surface area (Å²) < 4.78 is 0. The third-order valence-corrected chi connectivity index (χ3v) is 5.27. The molecule has 4 aromatic rings. The zero-order valence-electron chi connectivity index (χ0n) is 15.1. The highest BCUT2D eigenvalue weighted by atomic mass is 32.1. The summed E-state index contributed by atoms with van der Waals surface area (Å²) in [5.74, 6) is 0.145. The van der Waals surface area contributed by atoms with E-state index in [1.807, 2.05) is 36.4 Å². The number of hydrogen-bond donors (Lipinski definition) is 1. The van der Waals surface area contributed by atoms with Crippen LogP contribution >= 0.6 is 11.3 Å². The first kappa shape index (κ1) is 18.5. The summed E-state index contributed by atoms with van der Waals surface area (Å²) in [4.78, 5) is 20.5. The minimum absolute atomic E-state index is 0.0392. The van der Waals surface area contributed by atoms with Crippen LogP contribution in [0.25, 0.3) is 21.7 Å². The zero-order valence-corrected chi connectivity index (χ0v) is 15.9. The fraction of sp³-hybridized carbons (Fsp3) is 0. The maximum absolute atomic E-state index is 10.9. The van der Waals surface area contributed by atoms with E-state index in [1.54, 1.807) is 36.5 Å². The van der Waals surface area contributed by atoms with Crippen LogP contribution in [-0.2, 0) is 0 Å². The van der Waals surface area contributed by atoms with E-state index in [4.69, 9.17) is 0 Å². The second-order valence-corrected chi connectivity index (χ2v) is 7.14. The highest BCUT2D eigenvalue weighted by molar-refractivity contribution is 7.19. The van der Waals surface area contributed by atoms with Gasteiger partial charge in [0.1, 0.15) is 5.75 Å². The molecule has 142 valence electrons. The van der Waals surface area contributed by atoms with Crippen LogP contribution in [0.3, 0.4) is 0 Å². The Morgan fingerprint density at radius 3 is 2.31 bits per heavy atom. The molecule has 1 heterocycles. The molecule has 1 N–H and O–H groups in total. The highest BCUT2D eigenvalue weighted by Crippen LogP contribution is 2.40. The van der Waals surface area contributed by atoms with Crippen molar-refractivity contribution in [2.24, 2.45) is 4.99 Å². The molecule has 4 rings (SSSR count). The topological polar surface area (TPSA) is 88.6 Å². The van der Waals surface area contributed by atoms with Crippen molar-refractivity contribution in [3.8, 4) is 27.4 Å². The molecule has 0 fully saturated rings. The lowest BCUT2D eigenvalue weighted by molar-refractivity contribution is -0.384. The van der Waals surface area contributed by atoms with Gasteiger partial charge in [-0.05, 0) is 29.8 Å². The largest absolute Gasteiger partial charge is 0.507 e. The summed E-state index contributed by atoms with van der Waals surface area (Å²) in [6, 6.07) is 23.0. The first-order valence-electron chi connectivity index (χ1n) is 8.75. The van der Waals surface area contributed by atoms with Crippen molar-refractivity contribution in [3.05, 3.63) is 94.5 Å². The molecule has 0 unspecified atom stereocenters. The number of nitro groups is 1. The van der Waals surface area contributed by atoms with E-state index in [9.17, 15) is 15.2 Å². The highest BCUT2D eigenvalue weighted by Gasteiger charge is 2.16. The van der Waals surface area contributed by atoms with Gasteiger partial charge in [-0.15, -0.1) is 0 Å². The summed E-state index contributed by atoms with van der Waals surface area (Å²) in [6.07, 6.45) is 1.57. The number of para-hydroxylation sites is 1. The van der Waals surface area contributed by atoms with Crippen LogP contribution < -0.4 is 0 Å². The molecule has 0 aliphatic heterocycles. The first-order valence-corrected chi connectivity index (χ1v) is 9.56. The van der Waals surface area contributed by atoms with Crippen LogP contribution in [0, 0.1) is 10.1 Å². The van der Waals surface area contributed by atoms with Gasteiger partial charge in [0.25, 0.3) is 5.69 Å². The monoisotopic (exact) mass is 401 g/mol. The van der Waals surface area contributed by atoms with Crippen molar-refractivity contribution in [1.29, 1.82) is 0 Å². The zero-order chi connectivity index (χ0) is 20.2. The summed E-state index contributed by atoms with van der Waals surface area (Å²) in [7, 11) is 0. The molecule has 0 bridgehead atoms. The molecule has 0 amide bonds. The number of nitro benzene ring substituents is 1. The predicted octanol–water partition coefficient (Wildman–Crippen LogP) is 5.84. The van der Waals surface area contributed by atoms with Crippen LogP contribution in [0.2, 0.25) is 0 Å². The Bertz CT molecular complexity index is 1190. The Kier molecular flexibility index (Phi) is 5.13. The minimum Gasteiger partial charge on any atom is -0.507 e. The second kappa shape index (κ2) is 8.04. The average Bonchev–Trinajstić information content (AvgIpc) is 3.18. The molecule has 0 aliphatic rings. The number of hydrogen-bond acceptors (Lipinski definition) is 6. The van der Waals surface area contributed by atoms with Crippen LogP contribution in [0.1, 0.15) is 5.56 Å². The first-order chi connectivity index (χ1) is 14.1. The van der Waals surface area contributed by atoms with Crippen molar-refractivity contribution in [3.63, 3.8) is 0 Å². The van der Waals surface area contributed by atoms with Crippen molar-refractivity contribution in [2.45, 2.75) is 0 Å². The molecule has 0 saturated heterocycles. The summed E-state index contributed by atoms with van der Waals surface area (Å²) in [5, 5.41) is 21.4. The van der Waals surface area contributed by atoms with Crippen LogP contribution in [0.5, 0.6) is 5.75 Å². The average molecular weight is 401 g/mol. The van der Waals surface area contributed by atoms with Gasteiger partial charge in [-0.3, -0.25) is 10.1 Å². The SMILES string of the molecule is O=[N+]([O-])c1ccc(-c2sc(N=Cc3ccccc3O)nc2-c2ccccc2)cc1. The Balaban J connectivity index is 1.77. The van der Waals surface area contributed by atoms with Crippen LogP contribution in [0.15, 0.2) is 83.9 Å². The van der Waals surface area contributed by atoms with Crippen LogP contribution in [-0.4, -0.2) is 21.2 Å². The fourth-order valence-corrected chi connectivity index (χ4v) is 3.75. The molecule has 3 aromatic carbocycles. The van der Waals surface area contributed by atoms with Crippen molar-refractivity contribution >= 4 is 28.4 Å². The molecule has 0 atom stereocenters. The molecule has 7 heteroatoms. The molecule has 0 saturated carbocycles. The molecule has 0 spiro atoms. The van der Waals surface area contributed by atoms with E-state index >= 15 is 0 Å². The number of nitrogens with zero attached hydrogens (tertiary/aromatic N) is 3. The number of phenols is 1. The van der Waals surface area contributed by atoms with E-state index < -0.39 is 4.92 Å². The number of rotatable bonds is 5. The standard InChI is InChI=1S/C22H15N3O3S/c26-19-9-5-4-8-17(19)14-23-22-24-20(15-6-2-1-3-7-15)21(29-22)16-10-12-18(13-11-16)25(27)28/h1-14,26H. The van der Waals surface area contributed by atoms with Crippen LogP contribution in [0.4, 0.5) is 10.8 Å². The van der Waals surface area contributed by atoms with Gasteiger partial charge in [-0.2, -0.15) is 0 Å². The Labute approximate surface area is 170 Å². The number of phenolic OH excluding ortho intramolecular Hbond substituents is 1. The molecular weight excluding hydrogens is 386 g/mol. The predicted molar refractivity (Wildman–Crippen MR) is 115 cm³/mol. The normalized spacial score (nSPS) is 11.0. The van der Waals surface area contributed by atoms with E-state index in [2.05, 4.69) is 9.98 Å². The summed E-state index contributed by atoms with van der Waals surface area (Å²) in [6.45, 7) is 0. The maximum atomic E-state index is 10.9. The summed E-state index contributed by atoms with van der Waals surface area (Å²) in [5.41, 5.74) is 3.16. The van der Waals surface area contributed by atoms with Gasteiger partial charge in [0.15, 0.2) is 0 Å². The molecule has 6 nitrogen and oxygen atoms in total. The lowest BCUT2D eigenvalue weighted by Crippen LogP contribution is -1.87. The van der Waals surface area contributed by atoms with E-state index in [1.165, 1.54) is 23.5 Å². The quantitative estimate of drug-likeness (QED) is 0.258. The number of benzene rings is 3. The lowest BCUT2D eigenvalue weighted by atomic mass is 10.1. The second-order valence-electron chi connectivity index (χ2n) is 6.16. The maximum Gasteiger partial charge on any atom is 0.269 e. The van der Waals surface area contributed by atoms with Gasteiger partial charge in [0.2, 0.25) is 5.13 Å². The Morgan fingerprint density at radius 1 is 0.931 bits per heavy atom. The van der Waals surface area contributed by atoms with E-state index in [-0.39, 0.29) is 11.4 Å². The van der Waals surface area contributed by atoms with Gasteiger partial charge >= 0.3 is 0 Å². The fourth-order valence-electron chi connectivity index (χ4n) is 2.81. The lowest BCUT2D eigenvalue weighted by Gasteiger charge is -2.02. The molecule has 0 radical (unpaired) electrons. The van der Waals surface area contributed by atoms with Gasteiger partial charge in [-0.1, -0.05) is 53.8 Å². The third kappa shape index (κ3) is 4.04. The Morgan fingerprint density at radius 2 is 1.62 bits per heavy atom. The van der Waals surface area contributed by atoms with Crippen molar-refractivity contribution < 1.29 is 10.0 Å². The summed E-state index contributed by atoms with van der Waals surface area (Å²) >= 11 is 1.39. The molecule has 1 aromatic heterocycles. The van der Waals surface area contributed by atoms with Gasteiger partial charge in [-0.25, -0.2) is 9.98 Å². The third-order valence-electron chi connectivity index (χ3n) is 4.25. The van der Waals surface area contributed by atoms with Crippen molar-refractivity contribution in [1.82, 2.24) is 4.98 Å². The number of aliphatic imine (C=N–C) groups is 1. The number of non-ortho nitro benzene ring substituents is 1. The minimum atomic E-state index is -0.420. The number of aromatic nitrogens is 1. The Hall–Kier alpha value is -3.84. The smallest absolute Gasteiger partial charge is 0.269 e. The molecule has 29 heavy (non-hydrogen) atoms. The van der Waals surface area contributed by atoms with Gasteiger partial charge < -0.3 is 5.11 Å². The number of thiazole rings is 1.